The number of esters is 2. The van der Waals surface area contributed by atoms with Crippen LogP contribution in [0, 0.1) is 0 Å². The van der Waals surface area contributed by atoms with E-state index in [1.165, 1.54) is 160 Å². The summed E-state index contributed by atoms with van der Waals surface area (Å²) in [6, 6.07) is 4.81. The van der Waals surface area contributed by atoms with Gasteiger partial charge in [-0.2, -0.15) is 4.98 Å². The molecule has 94 heavy (non-hydrogen) atoms. The minimum Gasteiger partial charge on any atom is -0.480 e. The summed E-state index contributed by atoms with van der Waals surface area (Å²) in [7, 11) is -4.72. The molecule has 0 saturated carbocycles. The Morgan fingerprint density at radius 1 is 0.617 bits per heavy atom. The number of nitrogens with one attached hydrogen (secondary N) is 5. The molecule has 3 aromatic rings. The molecular formula is C66H118N11O16P. The Balaban J connectivity index is 0.0000288. The maximum Gasteiger partial charge on any atom is 0.472 e. The lowest BCUT2D eigenvalue weighted by molar-refractivity contribution is -0.161. The van der Waals surface area contributed by atoms with Crippen LogP contribution in [0.1, 0.15) is 256 Å². The van der Waals surface area contributed by atoms with E-state index in [9.17, 15) is 48.1 Å². The number of nitrogens with zero attached hydrogens (tertiary/aromatic N) is 3. The number of carbonyl (C=O) groups excluding carboxylic acids is 5. The molecule has 28 heteroatoms. The Bertz CT molecular complexity index is 2620. The number of aliphatic carboxylic acids is 1. The van der Waals surface area contributed by atoms with Crippen molar-refractivity contribution in [2.45, 2.75) is 258 Å². The van der Waals surface area contributed by atoms with Crippen molar-refractivity contribution in [2.75, 3.05) is 63.8 Å². The van der Waals surface area contributed by atoms with Crippen LogP contribution in [-0.4, -0.2) is 131 Å². The molecule has 3 atom stereocenters. The fourth-order valence-electron chi connectivity index (χ4n) is 9.89. The van der Waals surface area contributed by atoms with Crippen LogP contribution in [0.3, 0.4) is 0 Å². The number of carbonyl (C=O) groups is 6. The van der Waals surface area contributed by atoms with Gasteiger partial charge in [-0.3, -0.25) is 38.0 Å². The van der Waals surface area contributed by atoms with Gasteiger partial charge in [-0.1, -0.05) is 201 Å². The third-order valence-electron chi connectivity index (χ3n) is 15.1. The molecule has 3 amide bonds. The highest BCUT2D eigenvalue weighted by Gasteiger charge is 2.27. The Morgan fingerprint density at radius 2 is 1.13 bits per heavy atom. The molecule has 0 spiro atoms. The number of hydrogen-bond acceptors (Lipinski definition) is 21. The largest absolute Gasteiger partial charge is 0.480 e. The van der Waals surface area contributed by atoms with Crippen LogP contribution in [0.25, 0.3) is 11.2 Å². The van der Waals surface area contributed by atoms with E-state index >= 15 is 0 Å². The number of hydrogen-bond donors (Lipinski definition) is 10. The van der Waals surface area contributed by atoms with Gasteiger partial charge in [0.15, 0.2) is 17.3 Å². The van der Waals surface area contributed by atoms with Crippen molar-refractivity contribution in [1.82, 2.24) is 48.2 Å². The predicted molar refractivity (Wildman–Crippen MR) is 366 cm³/mol. The summed E-state index contributed by atoms with van der Waals surface area (Å²) in [5, 5.41) is 20.2. The molecule has 27 nitrogen and oxygen atoms in total. The highest BCUT2D eigenvalue weighted by Crippen LogP contribution is 2.43. The van der Waals surface area contributed by atoms with Gasteiger partial charge in [0, 0.05) is 43.6 Å². The maximum absolute atomic E-state index is 12.9. The molecular weight excluding hydrogens is 1230 g/mol. The maximum atomic E-state index is 12.9. The number of unbranched alkanes of at least 4 members (excludes halogenated alkanes) is 28. The van der Waals surface area contributed by atoms with Crippen molar-refractivity contribution < 1.29 is 71.3 Å². The van der Waals surface area contributed by atoms with Crippen molar-refractivity contribution >= 4 is 66.4 Å². The van der Waals surface area contributed by atoms with Gasteiger partial charge in [-0.15, -0.1) is 0 Å². The van der Waals surface area contributed by atoms with Crippen LogP contribution in [0.5, 0.6) is 0 Å². The zero-order chi connectivity index (χ0) is 66.0. The van der Waals surface area contributed by atoms with E-state index in [0.717, 1.165) is 38.5 Å². The number of nitrogen functional groups attached to an aromatic ring is 1. The van der Waals surface area contributed by atoms with Gasteiger partial charge in [0.05, 0.1) is 44.9 Å². The van der Waals surface area contributed by atoms with Crippen LogP contribution >= 0.6 is 7.82 Å². The van der Waals surface area contributed by atoms with Gasteiger partial charge in [0.1, 0.15) is 19.3 Å². The number of H-pyrrole nitrogens is 1. The second-order valence-corrected chi connectivity index (χ2v) is 24.6. The zero-order valence-electron chi connectivity index (χ0n) is 55.8. The predicted octanol–water partition coefficient (Wildman–Crippen LogP) is 12.8. The van der Waals surface area contributed by atoms with Crippen molar-refractivity contribution in [2.24, 2.45) is 0 Å². The lowest BCUT2D eigenvalue weighted by Gasteiger charge is -2.20. The number of carboxylic acid groups (broad SMARTS) is 1. The standard InChI is InChI=1S/C65H108N9O16P.CH4.2H3N/c1-3-5-7-9-11-13-15-17-19-21-23-25-27-29-31-33-57(76)87-49-54(90-58(77)34-32-30-28-26-24-22-20-18-16-14-12-10-8-6-4-2)50-89-91(83,84)88-44-42-68-65(82)86-46-45-85-43-41-67-56(75)40-39-55(63(80)81)72-61(78)51-35-37-52(38-36-51)69-47-53-48-70-60-59(71-53)62(79)74-64(66)73-60;;;/h35-38,48,54-55,69H,3-34,39-47,49-50H2,1-2H3,(H,67,75)(H,68,82)(H,72,78)(H,80,81)(H,83,84)(H3,66,70,73,74,79);1H4;2*1H3. The average molecular weight is 1350 g/mol. The van der Waals surface area contributed by atoms with Gasteiger partial charge < -0.3 is 68.2 Å². The highest BCUT2D eigenvalue weighted by atomic mass is 31.2. The quantitative estimate of drug-likeness (QED) is 0.0109. The molecule has 0 aliphatic carbocycles. The molecule has 0 fully saturated rings. The molecule has 0 aliphatic heterocycles. The van der Waals surface area contributed by atoms with Crippen LogP contribution in [0.15, 0.2) is 35.3 Å². The number of rotatable bonds is 57. The van der Waals surface area contributed by atoms with Crippen molar-refractivity contribution in [1.29, 1.82) is 0 Å². The highest BCUT2D eigenvalue weighted by molar-refractivity contribution is 7.47. The van der Waals surface area contributed by atoms with Crippen molar-refractivity contribution in [3.05, 3.63) is 52.1 Å². The Labute approximate surface area is 558 Å². The van der Waals surface area contributed by atoms with Crippen LogP contribution in [0.2, 0.25) is 0 Å². The zero-order valence-corrected chi connectivity index (χ0v) is 56.7. The van der Waals surface area contributed by atoms with E-state index in [4.69, 9.17) is 33.7 Å². The number of ether oxygens (including phenoxy) is 4. The number of aromatic amines is 1. The first kappa shape index (κ1) is 87.7. The van der Waals surface area contributed by atoms with Crippen molar-refractivity contribution in [3.63, 3.8) is 0 Å². The van der Waals surface area contributed by atoms with E-state index in [-0.39, 0.29) is 114 Å². The number of alkyl carbamates (subject to hydrolysis) is 1. The Hall–Kier alpha value is -6.35. The third kappa shape index (κ3) is 44.3. The minimum atomic E-state index is -4.72. The summed E-state index contributed by atoms with van der Waals surface area (Å²) < 4.78 is 44.4. The smallest absolute Gasteiger partial charge is 0.472 e. The average Bonchev–Trinajstić information content (AvgIpc) is 0.874. The molecule has 2 heterocycles. The molecule has 2 aromatic heterocycles. The number of aromatic nitrogens is 4. The first-order valence-corrected chi connectivity index (χ1v) is 35.2. The first-order chi connectivity index (χ1) is 44.1. The number of fused-ring (bicyclic) bond motifs is 1. The second-order valence-electron chi connectivity index (χ2n) is 23.1. The fraction of sp³-hybridized carbons (Fsp3) is 0.727. The van der Waals surface area contributed by atoms with Crippen LogP contribution in [-0.2, 0) is 58.3 Å². The monoisotopic (exact) mass is 1350 g/mol. The summed E-state index contributed by atoms with van der Waals surface area (Å²) in [6.07, 6.45) is 35.2. The Kier molecular flexibility index (Phi) is 52.1. The van der Waals surface area contributed by atoms with Crippen LogP contribution < -0.4 is 44.9 Å². The van der Waals surface area contributed by atoms with Gasteiger partial charge >= 0.3 is 31.8 Å². The molecule has 3 rings (SSSR count). The Morgan fingerprint density at radius 3 is 1.66 bits per heavy atom. The number of carboxylic acids is 1. The topological polar surface area (TPSA) is 431 Å². The van der Waals surface area contributed by atoms with E-state index in [1.54, 1.807) is 12.1 Å². The molecule has 0 bridgehead atoms. The van der Waals surface area contributed by atoms with E-state index in [1.807, 2.05) is 0 Å². The fourth-order valence-corrected chi connectivity index (χ4v) is 10.6. The minimum absolute atomic E-state index is 0. The summed E-state index contributed by atoms with van der Waals surface area (Å²) in [5.41, 5.74) is 6.38. The number of nitrogens with two attached hydrogens (primary N) is 1. The number of benzene rings is 1. The number of amides is 3. The van der Waals surface area contributed by atoms with E-state index in [2.05, 4.69) is 55.1 Å². The van der Waals surface area contributed by atoms with E-state index < -0.39 is 74.6 Å². The summed E-state index contributed by atoms with van der Waals surface area (Å²) >= 11 is 0. The molecule has 15 N–H and O–H groups in total. The SMILES string of the molecule is C.CCCCCCCCCCCCCCCCCC(=O)OCC(COP(=O)(O)OCCNC(=O)OCCOCCNC(=O)CCC(NC(=O)c1ccc(NCc2cnc3nc(N)[nH]c(=O)c3n2)cc1)C(=O)O)OC(=O)CCCCCCCCCCCCCCCCC.N.N. The second kappa shape index (κ2) is 55.9. The summed E-state index contributed by atoms with van der Waals surface area (Å²) in [5.74, 6) is -3.54. The number of phosphoric acid groups is 1. The summed E-state index contributed by atoms with van der Waals surface area (Å²) in [4.78, 5) is 112. The molecule has 0 radical (unpaired) electrons. The normalized spacial score (nSPS) is 12.2. The molecule has 1 aromatic carbocycles. The molecule has 0 aliphatic rings. The van der Waals surface area contributed by atoms with Crippen LogP contribution in [0.4, 0.5) is 16.4 Å². The number of phosphoric ester groups is 1. The van der Waals surface area contributed by atoms with Gasteiger partial charge in [-0.05, 0) is 43.5 Å². The van der Waals surface area contributed by atoms with Gasteiger partial charge in [0.2, 0.25) is 11.9 Å². The first-order valence-electron chi connectivity index (χ1n) is 33.7. The molecule has 538 valence electrons. The summed E-state index contributed by atoms with van der Waals surface area (Å²) in [6.45, 7) is 2.91. The lowest BCUT2D eigenvalue weighted by atomic mass is 10.0. The lowest BCUT2D eigenvalue weighted by Crippen LogP contribution is -2.41. The third-order valence-corrected chi connectivity index (χ3v) is 16.1. The number of anilines is 2. The van der Waals surface area contributed by atoms with Gasteiger partial charge in [0.25, 0.3) is 11.5 Å². The van der Waals surface area contributed by atoms with Gasteiger partial charge in [-0.25, -0.2) is 24.1 Å². The molecule has 0 saturated heterocycles. The van der Waals surface area contributed by atoms with E-state index in [0.29, 0.717) is 24.2 Å². The van der Waals surface area contributed by atoms with Crippen molar-refractivity contribution in [3.8, 4) is 0 Å². The molecule has 3 unspecified atom stereocenters.